The molecule has 4 nitrogen and oxygen atoms in total. The molecule has 3 rings (SSSR count). The molecule has 2 aliphatic carbocycles. The van der Waals surface area contributed by atoms with Crippen LogP contribution in [0.2, 0.25) is 0 Å². The zero-order chi connectivity index (χ0) is 11.0. The van der Waals surface area contributed by atoms with E-state index in [0.717, 1.165) is 19.0 Å². The van der Waals surface area contributed by atoms with E-state index in [2.05, 4.69) is 15.5 Å². The van der Waals surface area contributed by atoms with Crippen LogP contribution in [0.15, 0.2) is 0 Å². The maximum absolute atomic E-state index is 11.6. The number of carbonyl (C=O) groups is 1. The molecule has 0 radical (unpaired) electrons. The fourth-order valence-corrected chi connectivity index (χ4v) is 2.48. The highest BCUT2D eigenvalue weighted by atomic mass is 16.2. The smallest absolute Gasteiger partial charge is 0.234 e. The van der Waals surface area contributed by atoms with Crippen molar-refractivity contribution >= 4 is 5.91 Å². The summed E-state index contributed by atoms with van der Waals surface area (Å²) in [5.41, 5.74) is 0. The van der Waals surface area contributed by atoms with Crippen LogP contribution in [-0.4, -0.2) is 48.6 Å². The molecule has 1 unspecified atom stereocenters. The van der Waals surface area contributed by atoms with Gasteiger partial charge in [-0.2, -0.15) is 0 Å². The Morgan fingerprint density at radius 3 is 2.62 bits per heavy atom. The van der Waals surface area contributed by atoms with E-state index >= 15 is 0 Å². The van der Waals surface area contributed by atoms with Gasteiger partial charge in [0.1, 0.15) is 0 Å². The third-order valence-electron chi connectivity index (χ3n) is 3.78. The van der Waals surface area contributed by atoms with Crippen LogP contribution < -0.4 is 10.6 Å². The average molecular weight is 223 g/mol. The van der Waals surface area contributed by atoms with Gasteiger partial charge in [-0.25, -0.2) is 0 Å². The number of rotatable bonds is 5. The molecule has 1 atom stereocenters. The van der Waals surface area contributed by atoms with Crippen molar-refractivity contribution in [1.82, 2.24) is 15.5 Å². The molecule has 0 spiro atoms. The summed E-state index contributed by atoms with van der Waals surface area (Å²) in [6.45, 7) is 2.75. The zero-order valence-corrected chi connectivity index (χ0v) is 9.74. The Morgan fingerprint density at radius 1 is 1.12 bits per heavy atom. The molecule has 90 valence electrons. The van der Waals surface area contributed by atoms with E-state index in [1.165, 1.54) is 32.2 Å². The predicted molar refractivity (Wildman–Crippen MR) is 62.2 cm³/mol. The van der Waals surface area contributed by atoms with E-state index in [1.807, 2.05) is 0 Å². The fraction of sp³-hybridized carbons (Fsp3) is 0.917. The van der Waals surface area contributed by atoms with E-state index in [0.29, 0.717) is 18.6 Å². The van der Waals surface area contributed by atoms with Crippen molar-refractivity contribution in [3.63, 3.8) is 0 Å². The first-order valence-electron chi connectivity index (χ1n) is 6.58. The zero-order valence-electron chi connectivity index (χ0n) is 9.74. The summed E-state index contributed by atoms with van der Waals surface area (Å²) in [7, 11) is 0. The van der Waals surface area contributed by atoms with Crippen molar-refractivity contribution in [3.8, 4) is 0 Å². The predicted octanol–water partition coefficient (Wildman–Crippen LogP) is 0.0913. The minimum Gasteiger partial charge on any atom is -0.351 e. The molecule has 1 heterocycles. The van der Waals surface area contributed by atoms with Crippen molar-refractivity contribution in [2.75, 3.05) is 19.6 Å². The van der Waals surface area contributed by atoms with Crippen LogP contribution >= 0.6 is 0 Å². The number of amides is 1. The molecule has 0 aromatic heterocycles. The van der Waals surface area contributed by atoms with Gasteiger partial charge < -0.3 is 10.6 Å². The minimum atomic E-state index is 0.176. The number of nitrogens with one attached hydrogen (secondary N) is 2. The van der Waals surface area contributed by atoms with Crippen LogP contribution in [0.1, 0.15) is 32.1 Å². The van der Waals surface area contributed by atoms with Crippen LogP contribution in [0.25, 0.3) is 0 Å². The van der Waals surface area contributed by atoms with E-state index in [4.69, 9.17) is 0 Å². The SMILES string of the molecule is O=C(CNC1CC1)NC1CCN(C2CC2)C1. The molecule has 16 heavy (non-hydrogen) atoms. The van der Waals surface area contributed by atoms with Gasteiger partial charge in [-0.3, -0.25) is 9.69 Å². The summed E-state index contributed by atoms with van der Waals surface area (Å²) in [5.74, 6) is 0.176. The van der Waals surface area contributed by atoms with Crippen LogP contribution in [0, 0.1) is 0 Å². The first kappa shape index (κ1) is 10.5. The Morgan fingerprint density at radius 2 is 1.94 bits per heavy atom. The second-order valence-electron chi connectivity index (χ2n) is 5.43. The van der Waals surface area contributed by atoms with E-state index in [1.54, 1.807) is 0 Å². The normalized spacial score (nSPS) is 30.6. The molecule has 0 aromatic rings. The van der Waals surface area contributed by atoms with Gasteiger partial charge in [0.05, 0.1) is 6.54 Å². The van der Waals surface area contributed by atoms with Crippen molar-refractivity contribution < 1.29 is 4.79 Å². The van der Waals surface area contributed by atoms with Gasteiger partial charge in [-0.15, -0.1) is 0 Å². The Hall–Kier alpha value is -0.610. The Balaban J connectivity index is 1.35. The third-order valence-corrected chi connectivity index (χ3v) is 3.78. The van der Waals surface area contributed by atoms with Crippen molar-refractivity contribution in [1.29, 1.82) is 0 Å². The lowest BCUT2D eigenvalue weighted by Gasteiger charge is -2.15. The van der Waals surface area contributed by atoms with Crippen molar-refractivity contribution in [2.24, 2.45) is 0 Å². The quantitative estimate of drug-likeness (QED) is 0.694. The molecular weight excluding hydrogens is 202 g/mol. The molecule has 4 heteroatoms. The number of carbonyl (C=O) groups excluding carboxylic acids is 1. The highest BCUT2D eigenvalue weighted by Gasteiger charge is 2.34. The summed E-state index contributed by atoms with van der Waals surface area (Å²) < 4.78 is 0. The third kappa shape index (κ3) is 2.74. The highest BCUT2D eigenvalue weighted by molar-refractivity contribution is 5.78. The van der Waals surface area contributed by atoms with Gasteiger partial charge >= 0.3 is 0 Å². The minimum absolute atomic E-state index is 0.176. The van der Waals surface area contributed by atoms with Crippen LogP contribution in [0.3, 0.4) is 0 Å². The molecule has 0 aromatic carbocycles. The molecule has 1 amide bonds. The van der Waals surface area contributed by atoms with Gasteiger partial charge in [0.2, 0.25) is 5.91 Å². The number of hydrogen-bond acceptors (Lipinski definition) is 3. The lowest BCUT2D eigenvalue weighted by atomic mass is 10.2. The molecule has 1 saturated heterocycles. The van der Waals surface area contributed by atoms with Crippen LogP contribution in [0.5, 0.6) is 0 Å². The molecule has 3 fully saturated rings. The summed E-state index contributed by atoms with van der Waals surface area (Å²) >= 11 is 0. The molecule has 1 aliphatic heterocycles. The second kappa shape index (κ2) is 4.34. The maximum atomic E-state index is 11.6. The van der Waals surface area contributed by atoms with Crippen molar-refractivity contribution in [3.05, 3.63) is 0 Å². The number of likely N-dealkylation sites (tertiary alicyclic amines) is 1. The van der Waals surface area contributed by atoms with Gasteiger partial charge in [-0.05, 0) is 32.1 Å². The molecular formula is C12H21N3O. The van der Waals surface area contributed by atoms with E-state index < -0.39 is 0 Å². The first-order valence-corrected chi connectivity index (χ1v) is 6.58. The van der Waals surface area contributed by atoms with Crippen molar-refractivity contribution in [2.45, 2.75) is 50.2 Å². The van der Waals surface area contributed by atoms with Gasteiger partial charge in [-0.1, -0.05) is 0 Å². The van der Waals surface area contributed by atoms with Gasteiger partial charge in [0.15, 0.2) is 0 Å². The first-order chi connectivity index (χ1) is 7.81. The summed E-state index contributed by atoms with van der Waals surface area (Å²) in [6, 6.07) is 1.86. The van der Waals surface area contributed by atoms with Gasteiger partial charge in [0, 0.05) is 31.2 Å². The highest BCUT2D eigenvalue weighted by Crippen LogP contribution is 2.29. The Bertz CT molecular complexity index is 273. The lowest BCUT2D eigenvalue weighted by molar-refractivity contribution is -0.120. The summed E-state index contributed by atoms with van der Waals surface area (Å²) in [6.07, 6.45) is 6.35. The topological polar surface area (TPSA) is 44.4 Å². The average Bonchev–Trinajstić information content (AvgIpc) is 3.17. The van der Waals surface area contributed by atoms with E-state index in [9.17, 15) is 4.79 Å². The summed E-state index contributed by atoms with van der Waals surface area (Å²) in [4.78, 5) is 14.2. The van der Waals surface area contributed by atoms with Gasteiger partial charge in [0.25, 0.3) is 0 Å². The largest absolute Gasteiger partial charge is 0.351 e. The lowest BCUT2D eigenvalue weighted by Crippen LogP contribution is -2.42. The molecule has 2 saturated carbocycles. The molecule has 0 bridgehead atoms. The molecule has 2 N–H and O–H groups in total. The van der Waals surface area contributed by atoms with E-state index in [-0.39, 0.29) is 5.91 Å². The second-order valence-corrected chi connectivity index (χ2v) is 5.43. The number of hydrogen-bond donors (Lipinski definition) is 2. The Kier molecular flexibility index (Phi) is 2.86. The van der Waals surface area contributed by atoms with Crippen LogP contribution in [0.4, 0.5) is 0 Å². The maximum Gasteiger partial charge on any atom is 0.234 e. The Labute approximate surface area is 96.8 Å². The number of nitrogens with zero attached hydrogens (tertiary/aromatic N) is 1. The molecule has 3 aliphatic rings. The fourth-order valence-electron chi connectivity index (χ4n) is 2.48. The van der Waals surface area contributed by atoms with Crippen LogP contribution in [-0.2, 0) is 4.79 Å². The monoisotopic (exact) mass is 223 g/mol. The standard InChI is InChI=1S/C12H21N3O/c16-12(7-13-9-1-2-9)14-10-5-6-15(8-10)11-3-4-11/h9-11,13H,1-8H2,(H,14,16). The summed E-state index contributed by atoms with van der Waals surface area (Å²) in [5, 5.41) is 6.38.